The van der Waals surface area contributed by atoms with Crippen LogP contribution in [-0.4, -0.2) is 39.6 Å². The van der Waals surface area contributed by atoms with Crippen molar-refractivity contribution in [3.8, 4) is 0 Å². The molecule has 0 spiro atoms. The first-order valence-electron chi connectivity index (χ1n) is 9.01. The van der Waals surface area contributed by atoms with Crippen LogP contribution in [0.5, 0.6) is 0 Å². The first-order chi connectivity index (χ1) is 11.2. The van der Waals surface area contributed by atoms with Gasteiger partial charge in [-0.25, -0.2) is 0 Å². The number of Topliss-reactive ketones (excluding diaryl/α,β-unsaturated/α-hetero) is 2. The fourth-order valence-corrected chi connectivity index (χ4v) is 9.36. The zero-order valence-corrected chi connectivity index (χ0v) is 16.8. The van der Waals surface area contributed by atoms with Gasteiger partial charge in [-0.1, -0.05) is 0 Å². The van der Waals surface area contributed by atoms with Crippen molar-refractivity contribution in [1.82, 2.24) is 0 Å². The summed E-state index contributed by atoms with van der Waals surface area (Å²) in [5.74, 6) is 0.846. The van der Waals surface area contributed by atoms with Crippen LogP contribution in [0.4, 0.5) is 0 Å². The number of fused-ring (bicyclic) bond motifs is 2. The molecule has 3 aliphatic rings. The fourth-order valence-electron chi connectivity index (χ4n) is 5.11. The average molecular weight is 399 g/mol. The zero-order valence-electron chi connectivity index (χ0n) is 15.1. The number of hydrogen-bond acceptors (Lipinski definition) is 4. The van der Waals surface area contributed by atoms with Crippen molar-refractivity contribution in [3.05, 3.63) is 0 Å². The zero-order chi connectivity index (χ0) is 17.7. The Labute approximate surface area is 150 Å². The molecule has 3 saturated carbocycles. The number of hydrogen-bond donors (Lipinski definition) is 0. The Morgan fingerprint density at radius 3 is 2.50 bits per heavy atom. The van der Waals surface area contributed by atoms with Crippen LogP contribution in [-0.2, 0) is 19.1 Å². The van der Waals surface area contributed by atoms with Crippen molar-refractivity contribution in [2.45, 2.75) is 68.9 Å². The SMILES string of the molecule is COC(=O)C([Se][C@@H]1C(=O)[C@]2(C)CC[C@H]1C2(C)C)[C@@H]1CCCC(=O)C1. The second-order valence-electron chi connectivity index (χ2n) is 8.46. The van der Waals surface area contributed by atoms with Gasteiger partial charge in [0, 0.05) is 0 Å². The Bertz CT molecular complexity index is 570. The van der Waals surface area contributed by atoms with Gasteiger partial charge in [0.1, 0.15) is 0 Å². The van der Waals surface area contributed by atoms with Gasteiger partial charge < -0.3 is 0 Å². The first-order valence-corrected chi connectivity index (χ1v) is 11.0. The second kappa shape index (κ2) is 6.25. The Balaban J connectivity index is 1.82. The molecule has 24 heavy (non-hydrogen) atoms. The summed E-state index contributed by atoms with van der Waals surface area (Å²) in [4.78, 5) is 37.1. The topological polar surface area (TPSA) is 60.4 Å². The van der Waals surface area contributed by atoms with Gasteiger partial charge in [-0.15, -0.1) is 0 Å². The predicted molar refractivity (Wildman–Crippen MR) is 91.9 cm³/mol. The van der Waals surface area contributed by atoms with E-state index >= 15 is 0 Å². The minimum atomic E-state index is -0.251. The van der Waals surface area contributed by atoms with Crippen molar-refractivity contribution >= 4 is 32.5 Å². The number of ether oxygens (including phenoxy) is 1. The van der Waals surface area contributed by atoms with Gasteiger partial charge in [0.05, 0.1) is 0 Å². The molecular weight excluding hydrogens is 371 g/mol. The van der Waals surface area contributed by atoms with Crippen LogP contribution in [0.2, 0.25) is 9.63 Å². The van der Waals surface area contributed by atoms with Gasteiger partial charge in [0.25, 0.3) is 0 Å². The molecule has 0 aromatic carbocycles. The molecule has 2 bridgehead atoms. The van der Waals surface area contributed by atoms with Gasteiger partial charge in [0.2, 0.25) is 0 Å². The third-order valence-electron chi connectivity index (χ3n) is 7.15. The van der Waals surface area contributed by atoms with E-state index in [9.17, 15) is 14.4 Å². The molecule has 3 fully saturated rings. The molecule has 5 atom stereocenters. The van der Waals surface area contributed by atoms with E-state index in [1.807, 2.05) is 0 Å². The maximum atomic E-state index is 13.1. The number of esters is 1. The summed E-state index contributed by atoms with van der Waals surface area (Å²) in [5, 5.41) is 0. The molecule has 0 amide bonds. The molecule has 134 valence electrons. The van der Waals surface area contributed by atoms with E-state index in [1.54, 1.807) is 0 Å². The van der Waals surface area contributed by atoms with Crippen molar-refractivity contribution in [2.24, 2.45) is 22.7 Å². The van der Waals surface area contributed by atoms with Gasteiger partial charge in [-0.3, -0.25) is 0 Å². The molecule has 1 unspecified atom stereocenters. The Kier molecular flexibility index (Phi) is 4.72. The first kappa shape index (κ1) is 18.1. The Morgan fingerprint density at radius 2 is 1.96 bits per heavy atom. The number of rotatable bonds is 4. The molecule has 0 N–H and O–H groups in total. The summed E-state index contributed by atoms with van der Waals surface area (Å²) < 4.78 is 5.06. The summed E-state index contributed by atoms with van der Waals surface area (Å²) in [5.41, 5.74) is -0.229. The summed E-state index contributed by atoms with van der Waals surface area (Å²) in [7, 11) is 1.42. The van der Waals surface area contributed by atoms with E-state index in [2.05, 4.69) is 20.8 Å². The normalized spacial score (nSPS) is 39.1. The molecule has 5 heteroatoms. The van der Waals surface area contributed by atoms with Crippen molar-refractivity contribution in [2.75, 3.05) is 7.11 Å². The predicted octanol–water partition coefficient (Wildman–Crippen LogP) is 3.23. The maximum absolute atomic E-state index is 13.1. The second-order valence-corrected chi connectivity index (χ2v) is 11.2. The van der Waals surface area contributed by atoms with Crippen molar-refractivity contribution < 1.29 is 19.1 Å². The summed E-state index contributed by atoms with van der Waals surface area (Å²) in [6.07, 6.45) is 4.93. The molecule has 0 aromatic rings. The quantitative estimate of drug-likeness (QED) is 0.538. The van der Waals surface area contributed by atoms with Crippen LogP contribution in [0.3, 0.4) is 0 Å². The van der Waals surface area contributed by atoms with E-state index in [0.717, 1.165) is 25.7 Å². The average Bonchev–Trinajstić information content (AvgIpc) is 2.85. The molecule has 0 radical (unpaired) electrons. The third kappa shape index (κ3) is 2.59. The number of methoxy groups -OCH3 is 1. The molecule has 0 saturated heterocycles. The molecule has 0 heterocycles. The van der Waals surface area contributed by atoms with Gasteiger partial charge in [-0.05, 0) is 0 Å². The number of carbonyl (C=O) groups is 3. The van der Waals surface area contributed by atoms with Gasteiger partial charge in [-0.2, -0.15) is 0 Å². The van der Waals surface area contributed by atoms with Gasteiger partial charge in [0.15, 0.2) is 0 Å². The van der Waals surface area contributed by atoms with E-state index in [-0.39, 0.29) is 53.1 Å². The molecule has 3 rings (SSSR count). The molecule has 0 aromatic heterocycles. The Morgan fingerprint density at radius 1 is 1.25 bits per heavy atom. The van der Waals surface area contributed by atoms with Crippen LogP contribution in [0, 0.1) is 22.7 Å². The Hall–Kier alpha value is -0.671. The summed E-state index contributed by atoms with van der Waals surface area (Å²) in [6.45, 7) is 6.55. The van der Waals surface area contributed by atoms with E-state index in [4.69, 9.17) is 4.74 Å². The van der Waals surface area contributed by atoms with Crippen molar-refractivity contribution in [1.29, 1.82) is 0 Å². The third-order valence-corrected chi connectivity index (χ3v) is 10.7. The van der Waals surface area contributed by atoms with Crippen LogP contribution in [0.15, 0.2) is 0 Å². The van der Waals surface area contributed by atoms with Crippen LogP contribution in [0.25, 0.3) is 0 Å². The summed E-state index contributed by atoms with van der Waals surface area (Å²) >= 11 is -0.132. The van der Waals surface area contributed by atoms with Crippen LogP contribution in [0.1, 0.15) is 59.3 Å². The summed E-state index contributed by atoms with van der Waals surface area (Å²) in [6, 6.07) is 0. The fraction of sp³-hybridized carbons (Fsp3) is 0.842. The van der Waals surface area contributed by atoms with E-state index < -0.39 is 0 Å². The molecular formula is C19H28O4Se. The molecule has 3 aliphatic carbocycles. The molecule has 0 aliphatic heterocycles. The standard InChI is InChI=1S/C19H28O4Se/c1-18(2)13-8-9-19(18,3)16(21)15(13)24-14(17(22)23-4)11-6-5-7-12(20)10-11/h11,13-15H,5-10H2,1-4H3/t11-,13-,14?,15+,19+/m1/s1. The number of carbonyl (C=O) groups excluding carboxylic acids is 3. The minimum absolute atomic E-state index is 0.00683. The van der Waals surface area contributed by atoms with Gasteiger partial charge >= 0.3 is 150 Å². The van der Waals surface area contributed by atoms with Crippen LogP contribution >= 0.6 is 0 Å². The van der Waals surface area contributed by atoms with Crippen LogP contribution < -0.4 is 0 Å². The van der Waals surface area contributed by atoms with E-state index in [1.165, 1.54) is 7.11 Å². The molecule has 4 nitrogen and oxygen atoms in total. The number of ketones is 2. The van der Waals surface area contributed by atoms with E-state index in [0.29, 0.717) is 24.5 Å². The monoisotopic (exact) mass is 400 g/mol. The van der Waals surface area contributed by atoms with Crippen molar-refractivity contribution in [3.63, 3.8) is 0 Å².